The zero-order chi connectivity index (χ0) is 14.3. The number of carbonyl (C=O) groups excluding carboxylic acids is 1. The Morgan fingerprint density at radius 3 is 2.60 bits per heavy atom. The van der Waals surface area contributed by atoms with Crippen LogP contribution >= 0.6 is 0 Å². The van der Waals surface area contributed by atoms with Crippen molar-refractivity contribution in [3.05, 3.63) is 29.6 Å². The molecule has 1 unspecified atom stereocenters. The second kappa shape index (κ2) is 4.61. The van der Waals surface area contributed by atoms with E-state index in [4.69, 9.17) is 6.42 Å². The van der Waals surface area contributed by atoms with Gasteiger partial charge in [0, 0.05) is 24.6 Å². The molecule has 0 N–H and O–H groups in total. The number of amides is 1. The lowest BCUT2D eigenvalue weighted by Gasteiger charge is -2.16. The van der Waals surface area contributed by atoms with Crippen LogP contribution in [0.3, 0.4) is 0 Å². The Kier molecular flexibility index (Phi) is 2.90. The molecule has 20 heavy (non-hydrogen) atoms. The summed E-state index contributed by atoms with van der Waals surface area (Å²) < 4.78 is 0. The van der Waals surface area contributed by atoms with Crippen molar-refractivity contribution in [3.63, 3.8) is 0 Å². The second-order valence-electron chi connectivity index (χ2n) is 5.14. The van der Waals surface area contributed by atoms with Crippen LogP contribution in [0.5, 0.6) is 0 Å². The molecule has 2 aromatic rings. The number of fused-ring (bicyclic) bond motifs is 1. The van der Waals surface area contributed by atoms with Gasteiger partial charge in [0.1, 0.15) is 0 Å². The normalized spacial score (nSPS) is 18.6. The highest BCUT2D eigenvalue weighted by Gasteiger charge is 2.29. The van der Waals surface area contributed by atoms with Crippen molar-refractivity contribution >= 4 is 22.6 Å². The first kappa shape index (κ1) is 12.6. The Morgan fingerprint density at radius 1 is 1.25 bits per heavy atom. The van der Waals surface area contributed by atoms with E-state index in [1.165, 1.54) is 0 Å². The van der Waals surface area contributed by atoms with Crippen LogP contribution in [0.2, 0.25) is 0 Å². The summed E-state index contributed by atoms with van der Waals surface area (Å²) in [5.74, 6) is 2.73. The summed E-state index contributed by atoms with van der Waals surface area (Å²) in [5, 5.41) is 0. The van der Waals surface area contributed by atoms with E-state index in [1.54, 1.807) is 4.90 Å². The van der Waals surface area contributed by atoms with Crippen molar-refractivity contribution < 1.29 is 4.79 Å². The van der Waals surface area contributed by atoms with Crippen molar-refractivity contribution in [2.45, 2.75) is 20.3 Å². The van der Waals surface area contributed by atoms with E-state index in [1.807, 2.05) is 32.0 Å². The Bertz CT molecular complexity index is 745. The molecule has 1 amide bonds. The van der Waals surface area contributed by atoms with Crippen molar-refractivity contribution in [1.29, 1.82) is 0 Å². The van der Waals surface area contributed by atoms with E-state index in [9.17, 15) is 4.79 Å². The number of aromatic nitrogens is 2. The summed E-state index contributed by atoms with van der Waals surface area (Å²) in [6.07, 6.45) is 5.84. The van der Waals surface area contributed by atoms with Crippen LogP contribution in [0.1, 0.15) is 17.8 Å². The zero-order valence-corrected chi connectivity index (χ0v) is 11.6. The van der Waals surface area contributed by atoms with Gasteiger partial charge in [-0.05, 0) is 32.0 Å². The van der Waals surface area contributed by atoms with Crippen LogP contribution in [-0.2, 0) is 4.79 Å². The monoisotopic (exact) mass is 265 g/mol. The molecule has 1 aliphatic heterocycles. The largest absolute Gasteiger partial charge is 0.311 e. The molecule has 1 atom stereocenters. The number of anilines is 1. The third-order valence-electron chi connectivity index (χ3n) is 3.73. The second-order valence-corrected chi connectivity index (χ2v) is 5.14. The third kappa shape index (κ3) is 2.01. The van der Waals surface area contributed by atoms with Gasteiger partial charge in [0.15, 0.2) is 0 Å². The summed E-state index contributed by atoms with van der Waals surface area (Å²) in [5.41, 5.74) is 4.33. The van der Waals surface area contributed by atoms with Crippen molar-refractivity contribution in [2.75, 3.05) is 11.4 Å². The van der Waals surface area contributed by atoms with Crippen molar-refractivity contribution in [3.8, 4) is 12.3 Å². The fourth-order valence-corrected chi connectivity index (χ4v) is 2.46. The molecule has 1 fully saturated rings. The first-order valence-corrected chi connectivity index (χ1v) is 6.60. The molecule has 1 aromatic heterocycles. The third-order valence-corrected chi connectivity index (χ3v) is 3.73. The van der Waals surface area contributed by atoms with Crippen LogP contribution in [0, 0.1) is 32.1 Å². The molecule has 4 heteroatoms. The lowest BCUT2D eigenvalue weighted by atomic mass is 10.1. The van der Waals surface area contributed by atoms with Crippen molar-refractivity contribution in [2.24, 2.45) is 5.92 Å². The maximum Gasteiger partial charge on any atom is 0.228 e. The van der Waals surface area contributed by atoms with E-state index < -0.39 is 0 Å². The van der Waals surface area contributed by atoms with Crippen LogP contribution in [-0.4, -0.2) is 22.4 Å². The molecule has 2 heterocycles. The number of aryl methyl sites for hydroxylation is 2. The standard InChI is InChI=1S/C16H15N3O/c1-4-12-7-16(20)19(9-12)13-5-6-14-15(8-13)18-11(3)10(2)17-14/h1,5-6,8,12H,7,9H2,2-3H3. The fourth-order valence-electron chi connectivity index (χ4n) is 2.46. The van der Waals surface area contributed by atoms with E-state index in [-0.39, 0.29) is 11.8 Å². The molecule has 1 saturated heterocycles. The SMILES string of the molecule is C#CC1CC(=O)N(c2ccc3nc(C)c(C)nc3c2)C1. The topological polar surface area (TPSA) is 46.1 Å². The molecule has 0 saturated carbocycles. The number of nitrogens with zero attached hydrogens (tertiary/aromatic N) is 3. The Hall–Kier alpha value is -2.41. The quantitative estimate of drug-likeness (QED) is 0.743. The molecule has 1 aliphatic rings. The first-order valence-electron chi connectivity index (χ1n) is 6.60. The van der Waals surface area contributed by atoms with Crippen LogP contribution in [0.4, 0.5) is 5.69 Å². The highest BCUT2D eigenvalue weighted by atomic mass is 16.2. The highest BCUT2D eigenvalue weighted by molar-refractivity contribution is 5.97. The molecular formula is C16H15N3O. The number of hydrogen-bond acceptors (Lipinski definition) is 3. The molecule has 0 bridgehead atoms. The molecule has 1 aromatic carbocycles. The van der Waals surface area contributed by atoms with Gasteiger partial charge in [-0.25, -0.2) is 9.97 Å². The van der Waals surface area contributed by atoms with Crippen LogP contribution in [0.15, 0.2) is 18.2 Å². The van der Waals surface area contributed by atoms with Crippen LogP contribution < -0.4 is 4.90 Å². The first-order chi connectivity index (χ1) is 9.58. The van der Waals surface area contributed by atoms with Crippen molar-refractivity contribution in [1.82, 2.24) is 9.97 Å². The summed E-state index contributed by atoms with van der Waals surface area (Å²) in [7, 11) is 0. The lowest BCUT2D eigenvalue weighted by molar-refractivity contribution is -0.117. The molecule has 0 radical (unpaired) electrons. The van der Waals surface area contributed by atoms with Gasteiger partial charge >= 0.3 is 0 Å². The molecule has 100 valence electrons. The van der Waals surface area contributed by atoms with Gasteiger partial charge in [0.05, 0.1) is 22.4 Å². The van der Waals surface area contributed by atoms with Gasteiger partial charge in [-0.3, -0.25) is 4.79 Å². The smallest absolute Gasteiger partial charge is 0.228 e. The lowest BCUT2D eigenvalue weighted by Crippen LogP contribution is -2.24. The van der Waals surface area contributed by atoms with Gasteiger partial charge < -0.3 is 4.90 Å². The van der Waals surface area contributed by atoms with Gasteiger partial charge in [-0.1, -0.05) is 0 Å². The zero-order valence-electron chi connectivity index (χ0n) is 11.6. The minimum atomic E-state index is 0.00374. The maximum absolute atomic E-state index is 12.0. The number of carbonyl (C=O) groups is 1. The highest BCUT2D eigenvalue weighted by Crippen LogP contribution is 2.27. The predicted molar refractivity (Wildman–Crippen MR) is 78.3 cm³/mol. The molecule has 4 nitrogen and oxygen atoms in total. The van der Waals surface area contributed by atoms with Crippen LogP contribution in [0.25, 0.3) is 11.0 Å². The molecule has 0 spiro atoms. The number of terminal acetylenes is 1. The summed E-state index contributed by atoms with van der Waals surface area (Å²) in [6.45, 7) is 4.46. The number of hydrogen-bond donors (Lipinski definition) is 0. The maximum atomic E-state index is 12.0. The average Bonchev–Trinajstić information content (AvgIpc) is 2.81. The minimum absolute atomic E-state index is 0.00374. The predicted octanol–water partition coefficient (Wildman–Crippen LogP) is 2.23. The van der Waals surface area contributed by atoms with Gasteiger partial charge in [0.2, 0.25) is 5.91 Å². The van der Waals surface area contributed by atoms with E-state index in [0.717, 1.165) is 28.1 Å². The average molecular weight is 265 g/mol. The summed E-state index contributed by atoms with van der Waals surface area (Å²) in [6, 6.07) is 5.72. The Morgan fingerprint density at radius 2 is 1.95 bits per heavy atom. The minimum Gasteiger partial charge on any atom is -0.311 e. The molecule has 3 rings (SSSR count). The number of rotatable bonds is 1. The van der Waals surface area contributed by atoms with Gasteiger partial charge in [0.25, 0.3) is 0 Å². The van der Waals surface area contributed by atoms with E-state index in [2.05, 4.69) is 15.9 Å². The van der Waals surface area contributed by atoms with E-state index >= 15 is 0 Å². The number of benzene rings is 1. The molecular weight excluding hydrogens is 250 g/mol. The fraction of sp³-hybridized carbons (Fsp3) is 0.312. The van der Waals surface area contributed by atoms with Gasteiger partial charge in [-0.2, -0.15) is 0 Å². The van der Waals surface area contributed by atoms with E-state index in [0.29, 0.717) is 13.0 Å². The molecule has 0 aliphatic carbocycles. The Labute approximate surface area is 117 Å². The Balaban J connectivity index is 2.03. The summed E-state index contributed by atoms with van der Waals surface area (Å²) in [4.78, 5) is 22.8. The van der Waals surface area contributed by atoms with Gasteiger partial charge in [-0.15, -0.1) is 12.3 Å². The summed E-state index contributed by atoms with van der Waals surface area (Å²) >= 11 is 0.